The van der Waals surface area contributed by atoms with Crippen molar-refractivity contribution in [3.8, 4) is 0 Å². The first-order valence-corrected chi connectivity index (χ1v) is 5.68. The van der Waals surface area contributed by atoms with Gasteiger partial charge in [-0.15, -0.1) is 0 Å². The van der Waals surface area contributed by atoms with Gasteiger partial charge in [-0.1, -0.05) is 11.6 Å². The Morgan fingerprint density at radius 2 is 2.33 bits per heavy atom. The Morgan fingerprint density at radius 1 is 1.56 bits per heavy atom. The van der Waals surface area contributed by atoms with Crippen LogP contribution in [0.1, 0.15) is 16.8 Å². The fourth-order valence-electron chi connectivity index (χ4n) is 1.60. The van der Waals surface area contributed by atoms with Gasteiger partial charge in [0, 0.05) is 18.6 Å². The zero-order valence-corrected chi connectivity index (χ0v) is 10.1. The van der Waals surface area contributed by atoms with Crippen LogP contribution in [-0.2, 0) is 9.47 Å². The van der Waals surface area contributed by atoms with Crippen LogP contribution in [0.15, 0.2) is 18.2 Å². The average Bonchev–Trinajstić information content (AvgIpc) is 2.81. The molecule has 0 N–H and O–H groups in total. The summed E-state index contributed by atoms with van der Waals surface area (Å²) in [7, 11) is 0. The minimum Gasteiger partial charge on any atom is -0.456 e. The van der Waals surface area contributed by atoms with Crippen molar-refractivity contribution in [2.75, 3.05) is 13.2 Å². The number of esters is 1. The Kier molecular flexibility index (Phi) is 3.78. The van der Waals surface area contributed by atoms with Crippen molar-refractivity contribution < 1.29 is 19.2 Å². The number of non-ortho nitro benzene ring substituents is 1. The van der Waals surface area contributed by atoms with E-state index in [4.69, 9.17) is 21.1 Å². The molecule has 0 radical (unpaired) electrons. The summed E-state index contributed by atoms with van der Waals surface area (Å²) in [5.74, 6) is -0.667. The first-order chi connectivity index (χ1) is 8.58. The van der Waals surface area contributed by atoms with Gasteiger partial charge in [-0.25, -0.2) is 4.79 Å². The molecule has 0 amide bonds. The van der Waals surface area contributed by atoms with Gasteiger partial charge in [0.15, 0.2) is 0 Å². The van der Waals surface area contributed by atoms with Crippen molar-refractivity contribution in [3.63, 3.8) is 0 Å². The molecule has 1 aliphatic heterocycles. The predicted octanol–water partition coefficient (Wildman–Crippen LogP) is 2.19. The van der Waals surface area contributed by atoms with Crippen LogP contribution >= 0.6 is 11.6 Å². The van der Waals surface area contributed by atoms with E-state index in [0.29, 0.717) is 19.6 Å². The molecule has 0 spiro atoms. The molecule has 1 aliphatic rings. The largest absolute Gasteiger partial charge is 0.456 e. The summed E-state index contributed by atoms with van der Waals surface area (Å²) < 4.78 is 10.2. The summed E-state index contributed by atoms with van der Waals surface area (Å²) in [6, 6.07) is 3.65. The maximum Gasteiger partial charge on any atom is 0.340 e. The summed E-state index contributed by atoms with van der Waals surface area (Å²) in [6.45, 7) is 0.888. The van der Waals surface area contributed by atoms with Crippen LogP contribution in [-0.4, -0.2) is 30.2 Å². The van der Waals surface area contributed by atoms with Crippen LogP contribution in [0.5, 0.6) is 0 Å². The Balaban J connectivity index is 2.17. The van der Waals surface area contributed by atoms with Gasteiger partial charge in [-0.05, 0) is 6.07 Å². The molecule has 1 saturated heterocycles. The minimum atomic E-state index is -0.667. The van der Waals surface area contributed by atoms with Crippen molar-refractivity contribution >= 4 is 23.3 Å². The Hall–Kier alpha value is -1.66. The van der Waals surface area contributed by atoms with Gasteiger partial charge in [0.1, 0.15) is 6.10 Å². The van der Waals surface area contributed by atoms with Crippen LogP contribution < -0.4 is 0 Å². The van der Waals surface area contributed by atoms with E-state index in [-0.39, 0.29) is 22.4 Å². The average molecular weight is 272 g/mol. The van der Waals surface area contributed by atoms with E-state index in [1.807, 2.05) is 0 Å². The fourth-order valence-corrected chi connectivity index (χ4v) is 1.80. The molecule has 18 heavy (non-hydrogen) atoms. The summed E-state index contributed by atoms with van der Waals surface area (Å²) in [5, 5.41) is 10.8. The third kappa shape index (κ3) is 2.77. The van der Waals surface area contributed by atoms with Crippen molar-refractivity contribution in [1.82, 2.24) is 0 Å². The Labute approximate surface area is 108 Å². The molecule has 96 valence electrons. The smallest absolute Gasteiger partial charge is 0.340 e. The molecule has 0 aromatic heterocycles. The standard InChI is InChI=1S/C11H10ClNO5/c12-10-2-1-7(13(15)16)5-9(10)11(14)18-8-3-4-17-6-8/h1-2,5,8H,3-4,6H2. The molecule has 6 nitrogen and oxygen atoms in total. The third-order valence-electron chi connectivity index (χ3n) is 2.54. The molecular formula is C11H10ClNO5. The zero-order chi connectivity index (χ0) is 13.1. The van der Waals surface area contributed by atoms with Crippen molar-refractivity contribution in [1.29, 1.82) is 0 Å². The quantitative estimate of drug-likeness (QED) is 0.478. The number of hydrogen-bond donors (Lipinski definition) is 0. The number of hydrogen-bond acceptors (Lipinski definition) is 5. The number of rotatable bonds is 3. The zero-order valence-electron chi connectivity index (χ0n) is 9.30. The van der Waals surface area contributed by atoms with E-state index < -0.39 is 10.9 Å². The molecular weight excluding hydrogens is 262 g/mol. The van der Waals surface area contributed by atoms with E-state index in [0.717, 1.165) is 6.07 Å². The molecule has 1 unspecified atom stereocenters. The van der Waals surface area contributed by atoms with Crippen LogP contribution in [0.25, 0.3) is 0 Å². The van der Waals surface area contributed by atoms with Gasteiger partial charge in [-0.2, -0.15) is 0 Å². The van der Waals surface area contributed by atoms with Crippen molar-refractivity contribution in [3.05, 3.63) is 38.9 Å². The highest BCUT2D eigenvalue weighted by Gasteiger charge is 2.23. The van der Waals surface area contributed by atoms with Crippen LogP contribution in [0, 0.1) is 10.1 Å². The molecule has 2 rings (SSSR count). The molecule has 7 heteroatoms. The highest BCUT2D eigenvalue weighted by molar-refractivity contribution is 6.33. The van der Waals surface area contributed by atoms with E-state index in [1.54, 1.807) is 0 Å². The number of nitrogens with zero attached hydrogens (tertiary/aromatic N) is 1. The molecule has 1 heterocycles. The van der Waals surface area contributed by atoms with E-state index in [2.05, 4.69) is 0 Å². The number of benzene rings is 1. The number of halogens is 1. The number of ether oxygens (including phenoxy) is 2. The number of carbonyl (C=O) groups is 1. The summed E-state index contributed by atoms with van der Waals surface area (Å²) >= 11 is 5.83. The summed E-state index contributed by atoms with van der Waals surface area (Å²) in [6.07, 6.45) is 0.311. The molecule has 1 aromatic carbocycles. The minimum absolute atomic E-state index is 0.00207. The molecule has 0 saturated carbocycles. The van der Waals surface area contributed by atoms with Crippen molar-refractivity contribution in [2.45, 2.75) is 12.5 Å². The first-order valence-electron chi connectivity index (χ1n) is 5.30. The second kappa shape index (κ2) is 5.32. The monoisotopic (exact) mass is 271 g/mol. The van der Waals surface area contributed by atoms with Crippen LogP contribution in [0.2, 0.25) is 5.02 Å². The van der Waals surface area contributed by atoms with E-state index in [9.17, 15) is 14.9 Å². The summed E-state index contributed by atoms with van der Waals surface area (Å²) in [5.41, 5.74) is -0.202. The molecule has 1 atom stereocenters. The molecule has 1 aromatic rings. The van der Waals surface area contributed by atoms with Gasteiger partial charge in [-0.3, -0.25) is 10.1 Å². The van der Waals surface area contributed by atoms with Gasteiger partial charge in [0.05, 0.1) is 28.7 Å². The second-order valence-corrected chi connectivity index (χ2v) is 4.22. The van der Waals surface area contributed by atoms with E-state index >= 15 is 0 Å². The molecule has 0 aliphatic carbocycles. The third-order valence-corrected chi connectivity index (χ3v) is 2.87. The first kappa shape index (κ1) is 12.8. The Bertz CT molecular complexity index is 484. The fraction of sp³-hybridized carbons (Fsp3) is 0.364. The van der Waals surface area contributed by atoms with Gasteiger partial charge in [0.25, 0.3) is 5.69 Å². The summed E-state index contributed by atoms with van der Waals surface area (Å²) in [4.78, 5) is 21.8. The lowest BCUT2D eigenvalue weighted by atomic mass is 10.2. The predicted molar refractivity (Wildman–Crippen MR) is 62.7 cm³/mol. The van der Waals surface area contributed by atoms with Gasteiger partial charge < -0.3 is 9.47 Å². The highest BCUT2D eigenvalue weighted by Crippen LogP contribution is 2.23. The van der Waals surface area contributed by atoms with Gasteiger partial charge in [0.2, 0.25) is 0 Å². The van der Waals surface area contributed by atoms with E-state index in [1.165, 1.54) is 12.1 Å². The SMILES string of the molecule is O=C(OC1CCOC1)c1cc([N+](=O)[O-])ccc1Cl. The lowest BCUT2D eigenvalue weighted by molar-refractivity contribution is -0.384. The number of nitro groups is 1. The van der Waals surface area contributed by atoms with Crippen LogP contribution in [0.4, 0.5) is 5.69 Å². The highest BCUT2D eigenvalue weighted by atomic mass is 35.5. The second-order valence-electron chi connectivity index (χ2n) is 3.81. The molecule has 1 fully saturated rings. The lowest BCUT2D eigenvalue weighted by Crippen LogP contribution is -2.18. The Morgan fingerprint density at radius 3 is 2.94 bits per heavy atom. The lowest BCUT2D eigenvalue weighted by Gasteiger charge is -2.10. The van der Waals surface area contributed by atoms with Crippen molar-refractivity contribution in [2.24, 2.45) is 0 Å². The van der Waals surface area contributed by atoms with Gasteiger partial charge >= 0.3 is 5.97 Å². The molecule has 0 bridgehead atoms. The normalized spacial score (nSPS) is 18.6. The maximum atomic E-state index is 11.8. The maximum absolute atomic E-state index is 11.8. The number of carbonyl (C=O) groups excluding carboxylic acids is 1. The van der Waals surface area contributed by atoms with Crippen LogP contribution in [0.3, 0.4) is 0 Å². The topological polar surface area (TPSA) is 78.7 Å². The number of nitro benzene ring substituents is 1.